The molecule has 3 aromatic carbocycles. The van der Waals surface area contributed by atoms with Gasteiger partial charge in [-0.15, -0.1) is 0 Å². The van der Waals surface area contributed by atoms with E-state index in [-0.39, 0.29) is 18.6 Å². The molecule has 4 nitrogen and oxygen atoms in total. The van der Waals surface area contributed by atoms with Gasteiger partial charge < -0.3 is 15.2 Å². The highest BCUT2D eigenvalue weighted by Crippen LogP contribution is 2.34. The minimum atomic E-state index is -1.39. The number of nitrogens with one attached hydrogen (secondary N) is 1. The van der Waals surface area contributed by atoms with Gasteiger partial charge in [0.05, 0.1) is 6.04 Å². The number of ether oxygens (including phenoxy) is 1. The smallest absolute Gasteiger partial charge is 0.302 e. The lowest BCUT2D eigenvalue weighted by atomic mass is 9.80. The first-order valence-electron chi connectivity index (χ1n) is 9.79. The van der Waals surface area contributed by atoms with Gasteiger partial charge in [-0.25, -0.2) is 0 Å². The number of hydrogen-bond donors (Lipinski definition) is 2. The summed E-state index contributed by atoms with van der Waals surface area (Å²) in [5.41, 5.74) is 1.16. The molecule has 4 heteroatoms. The van der Waals surface area contributed by atoms with Crippen LogP contribution in [0.3, 0.4) is 0 Å². The third-order valence-electron chi connectivity index (χ3n) is 5.14. The second-order valence-corrected chi connectivity index (χ2v) is 7.15. The van der Waals surface area contributed by atoms with Crippen LogP contribution >= 0.6 is 0 Å². The first kappa shape index (κ1) is 20.8. The predicted molar refractivity (Wildman–Crippen MR) is 114 cm³/mol. The minimum absolute atomic E-state index is 0.0345. The molecular formula is C25H27NO3. The Balaban J connectivity index is 2.04. The van der Waals surface area contributed by atoms with E-state index < -0.39 is 11.6 Å². The fourth-order valence-electron chi connectivity index (χ4n) is 3.58. The number of hydrogen-bond acceptors (Lipinski definition) is 4. The molecule has 0 aliphatic carbocycles. The number of benzene rings is 3. The van der Waals surface area contributed by atoms with Gasteiger partial charge in [-0.1, -0.05) is 91.0 Å². The lowest BCUT2D eigenvalue weighted by molar-refractivity contribution is -0.143. The number of rotatable bonds is 8. The topological polar surface area (TPSA) is 58.6 Å². The summed E-state index contributed by atoms with van der Waals surface area (Å²) in [6.45, 7) is 3.45. The van der Waals surface area contributed by atoms with Crippen LogP contribution in [-0.2, 0) is 15.1 Å². The molecule has 29 heavy (non-hydrogen) atoms. The van der Waals surface area contributed by atoms with E-state index in [2.05, 4.69) is 5.32 Å². The molecule has 0 spiro atoms. The maximum atomic E-state index is 12.1. The second-order valence-electron chi connectivity index (χ2n) is 7.15. The monoisotopic (exact) mass is 389 g/mol. The third-order valence-corrected chi connectivity index (χ3v) is 5.14. The van der Waals surface area contributed by atoms with Crippen molar-refractivity contribution in [2.75, 3.05) is 6.61 Å². The quantitative estimate of drug-likeness (QED) is 0.567. The second kappa shape index (κ2) is 9.50. The molecule has 0 aromatic heterocycles. The van der Waals surface area contributed by atoms with Crippen LogP contribution in [0.4, 0.5) is 0 Å². The first-order chi connectivity index (χ1) is 14.0. The van der Waals surface area contributed by atoms with Gasteiger partial charge in [0.25, 0.3) is 0 Å². The van der Waals surface area contributed by atoms with E-state index in [1.165, 1.54) is 6.92 Å². The van der Waals surface area contributed by atoms with Crippen molar-refractivity contribution in [1.82, 2.24) is 5.32 Å². The molecule has 2 atom stereocenters. The summed E-state index contributed by atoms with van der Waals surface area (Å²) >= 11 is 0. The maximum absolute atomic E-state index is 12.1. The molecule has 0 unspecified atom stereocenters. The van der Waals surface area contributed by atoms with Gasteiger partial charge in [-0.05, 0) is 23.6 Å². The Morgan fingerprint density at radius 2 is 1.34 bits per heavy atom. The standard InChI is InChI=1S/C25H27NO3/c1-19(21-12-6-3-7-13-21)26-24(18-29-20(2)27)25(28,22-14-8-4-9-15-22)23-16-10-5-11-17-23/h3-17,19,24,26,28H,18H2,1-2H3/t19-,24+/m1/s1. The van der Waals surface area contributed by atoms with Gasteiger partial charge in [0.1, 0.15) is 12.2 Å². The summed E-state index contributed by atoms with van der Waals surface area (Å²) in [4.78, 5) is 11.6. The Morgan fingerprint density at radius 1 is 0.897 bits per heavy atom. The van der Waals surface area contributed by atoms with Gasteiger partial charge in [0.2, 0.25) is 0 Å². The zero-order valence-corrected chi connectivity index (χ0v) is 16.8. The average molecular weight is 389 g/mol. The minimum Gasteiger partial charge on any atom is -0.464 e. The molecule has 3 rings (SSSR count). The van der Waals surface area contributed by atoms with Gasteiger partial charge in [0, 0.05) is 13.0 Å². The molecule has 150 valence electrons. The van der Waals surface area contributed by atoms with Crippen molar-refractivity contribution in [2.24, 2.45) is 0 Å². The van der Waals surface area contributed by atoms with Crippen molar-refractivity contribution in [1.29, 1.82) is 0 Å². The van der Waals surface area contributed by atoms with E-state index in [1.807, 2.05) is 97.9 Å². The van der Waals surface area contributed by atoms with Crippen LogP contribution in [0.25, 0.3) is 0 Å². The van der Waals surface area contributed by atoms with Crippen LogP contribution in [0, 0.1) is 0 Å². The average Bonchev–Trinajstić information content (AvgIpc) is 2.77. The lowest BCUT2D eigenvalue weighted by Gasteiger charge is -2.39. The summed E-state index contributed by atoms with van der Waals surface area (Å²) in [5, 5.41) is 15.6. The van der Waals surface area contributed by atoms with Crippen molar-refractivity contribution >= 4 is 5.97 Å². The normalized spacial score (nSPS) is 13.5. The van der Waals surface area contributed by atoms with Gasteiger partial charge >= 0.3 is 5.97 Å². The molecule has 0 radical (unpaired) electrons. The highest BCUT2D eigenvalue weighted by atomic mass is 16.5. The van der Waals surface area contributed by atoms with Crippen molar-refractivity contribution in [3.63, 3.8) is 0 Å². The molecule has 0 amide bonds. The summed E-state index contributed by atoms with van der Waals surface area (Å²) in [7, 11) is 0. The van der Waals surface area contributed by atoms with E-state index in [1.54, 1.807) is 0 Å². The highest BCUT2D eigenvalue weighted by molar-refractivity contribution is 5.66. The summed E-state index contributed by atoms with van der Waals surface area (Å²) < 4.78 is 5.37. The van der Waals surface area contributed by atoms with E-state index in [0.29, 0.717) is 0 Å². The van der Waals surface area contributed by atoms with Crippen LogP contribution in [0.2, 0.25) is 0 Å². The predicted octanol–water partition coefficient (Wildman–Crippen LogP) is 4.21. The third kappa shape index (κ3) is 4.91. The van der Waals surface area contributed by atoms with Gasteiger partial charge in [0.15, 0.2) is 0 Å². The van der Waals surface area contributed by atoms with Crippen LogP contribution in [0.1, 0.15) is 36.6 Å². The number of esters is 1. The maximum Gasteiger partial charge on any atom is 0.302 e. The molecule has 0 saturated heterocycles. The molecule has 2 N–H and O–H groups in total. The van der Waals surface area contributed by atoms with E-state index in [9.17, 15) is 9.90 Å². The Bertz CT molecular complexity index is 858. The van der Waals surface area contributed by atoms with Crippen LogP contribution < -0.4 is 5.32 Å². The van der Waals surface area contributed by atoms with E-state index in [0.717, 1.165) is 16.7 Å². The molecule has 0 aliphatic rings. The summed E-state index contributed by atoms with van der Waals surface area (Å²) in [6, 6.07) is 28.3. The Hall–Kier alpha value is -2.95. The Morgan fingerprint density at radius 3 is 1.79 bits per heavy atom. The van der Waals surface area contributed by atoms with Crippen molar-refractivity contribution < 1.29 is 14.6 Å². The van der Waals surface area contributed by atoms with Crippen LogP contribution in [0.15, 0.2) is 91.0 Å². The Labute approximate surface area is 172 Å². The largest absolute Gasteiger partial charge is 0.464 e. The molecule has 0 aliphatic heterocycles. The number of carbonyl (C=O) groups excluding carboxylic acids is 1. The zero-order chi connectivity index (χ0) is 20.7. The zero-order valence-electron chi connectivity index (χ0n) is 16.8. The summed E-state index contributed by atoms with van der Waals surface area (Å²) in [6.07, 6.45) is 0. The van der Waals surface area contributed by atoms with Crippen molar-refractivity contribution in [3.8, 4) is 0 Å². The van der Waals surface area contributed by atoms with Gasteiger partial charge in [-0.3, -0.25) is 4.79 Å². The van der Waals surface area contributed by atoms with Crippen molar-refractivity contribution in [2.45, 2.75) is 31.5 Å². The first-order valence-corrected chi connectivity index (χ1v) is 9.79. The molecule has 0 fully saturated rings. The number of carbonyl (C=O) groups is 1. The van der Waals surface area contributed by atoms with E-state index >= 15 is 0 Å². The fourth-order valence-corrected chi connectivity index (χ4v) is 3.58. The molecule has 0 saturated carbocycles. The number of aliphatic hydroxyl groups is 1. The molecule has 0 heterocycles. The lowest BCUT2D eigenvalue weighted by Crippen LogP contribution is -2.53. The van der Waals surface area contributed by atoms with Crippen LogP contribution in [0.5, 0.6) is 0 Å². The van der Waals surface area contributed by atoms with Gasteiger partial charge in [-0.2, -0.15) is 0 Å². The Kier molecular flexibility index (Phi) is 6.81. The SMILES string of the molecule is CC(=O)OC[C@H](N[C@H](C)c1ccccc1)C(O)(c1ccccc1)c1ccccc1. The fraction of sp³-hybridized carbons (Fsp3) is 0.240. The van der Waals surface area contributed by atoms with E-state index in [4.69, 9.17) is 4.74 Å². The van der Waals surface area contributed by atoms with Crippen molar-refractivity contribution in [3.05, 3.63) is 108 Å². The summed E-state index contributed by atoms with van der Waals surface area (Å²) in [5.74, 6) is -0.382. The molecule has 3 aromatic rings. The molecular weight excluding hydrogens is 362 g/mol. The highest BCUT2D eigenvalue weighted by Gasteiger charge is 2.41. The molecule has 0 bridgehead atoms. The van der Waals surface area contributed by atoms with Crippen LogP contribution in [-0.4, -0.2) is 23.7 Å².